The van der Waals surface area contributed by atoms with Gasteiger partial charge in [-0.25, -0.2) is 0 Å². The molecule has 2 rings (SSSR count). The molecule has 0 aromatic heterocycles. The van der Waals surface area contributed by atoms with Crippen LogP contribution >= 0.6 is 0 Å². The Morgan fingerprint density at radius 1 is 1.24 bits per heavy atom. The number of carbonyl (C=O) groups excluding carboxylic acids is 2. The molecule has 1 aliphatic rings. The van der Waals surface area contributed by atoms with E-state index in [1.165, 1.54) is 0 Å². The summed E-state index contributed by atoms with van der Waals surface area (Å²) in [6, 6.07) is 7.40. The van der Waals surface area contributed by atoms with E-state index in [0.717, 1.165) is 11.4 Å². The van der Waals surface area contributed by atoms with Gasteiger partial charge in [-0.2, -0.15) is 0 Å². The molecule has 0 radical (unpaired) electrons. The topological polar surface area (TPSA) is 58.6 Å². The van der Waals surface area contributed by atoms with Gasteiger partial charge in [0.15, 0.2) is 0 Å². The van der Waals surface area contributed by atoms with Crippen molar-refractivity contribution in [1.29, 1.82) is 0 Å². The van der Waals surface area contributed by atoms with E-state index in [2.05, 4.69) is 5.32 Å². The highest BCUT2D eigenvalue weighted by atomic mass is 16.5. The predicted octanol–water partition coefficient (Wildman–Crippen LogP) is 2.11. The number of nitrogens with one attached hydrogen (secondary N) is 1. The van der Waals surface area contributed by atoms with Crippen LogP contribution in [0.25, 0.3) is 0 Å². The van der Waals surface area contributed by atoms with E-state index < -0.39 is 5.54 Å². The van der Waals surface area contributed by atoms with Crippen molar-refractivity contribution in [2.24, 2.45) is 0 Å². The van der Waals surface area contributed by atoms with Gasteiger partial charge in [-0.1, -0.05) is 6.92 Å². The molecular weight excluding hydrogens is 268 g/mol. The molecule has 1 unspecified atom stereocenters. The third kappa shape index (κ3) is 3.17. The molecule has 1 N–H and O–H groups in total. The second kappa shape index (κ2) is 6.16. The Balaban J connectivity index is 2.28. The molecule has 1 heterocycles. The molecule has 5 heteroatoms. The molecule has 0 bridgehead atoms. The summed E-state index contributed by atoms with van der Waals surface area (Å²) in [5, 5.41) is 2.83. The molecule has 2 amide bonds. The average molecular weight is 290 g/mol. The second-order valence-electron chi connectivity index (χ2n) is 5.37. The standard InChI is InChI=1S/C16H22N2O3/c1-4-16(3)15(20)18(11-10-14(19)17-16)12-6-8-13(9-7-12)21-5-2/h6-9H,4-5,10-11H2,1-3H3,(H,17,19). The fraction of sp³-hybridized carbons (Fsp3) is 0.500. The van der Waals surface area contributed by atoms with E-state index in [9.17, 15) is 9.59 Å². The highest BCUT2D eigenvalue weighted by Gasteiger charge is 2.39. The van der Waals surface area contributed by atoms with Gasteiger partial charge in [-0.15, -0.1) is 0 Å². The zero-order valence-electron chi connectivity index (χ0n) is 12.8. The molecule has 21 heavy (non-hydrogen) atoms. The Morgan fingerprint density at radius 3 is 2.48 bits per heavy atom. The SMILES string of the molecule is CCOc1ccc(N2CCC(=O)NC(C)(CC)C2=O)cc1. The summed E-state index contributed by atoms with van der Waals surface area (Å²) in [4.78, 5) is 26.2. The van der Waals surface area contributed by atoms with Gasteiger partial charge in [0.05, 0.1) is 6.61 Å². The van der Waals surface area contributed by atoms with Crippen molar-refractivity contribution in [3.8, 4) is 5.75 Å². The summed E-state index contributed by atoms with van der Waals surface area (Å²) in [5.74, 6) is 0.622. The lowest BCUT2D eigenvalue weighted by Crippen LogP contribution is -2.54. The third-order valence-corrected chi connectivity index (χ3v) is 3.86. The van der Waals surface area contributed by atoms with Crippen molar-refractivity contribution in [3.63, 3.8) is 0 Å². The quantitative estimate of drug-likeness (QED) is 0.924. The first-order valence-corrected chi connectivity index (χ1v) is 7.36. The molecule has 1 atom stereocenters. The van der Waals surface area contributed by atoms with Crippen molar-refractivity contribution in [3.05, 3.63) is 24.3 Å². The van der Waals surface area contributed by atoms with E-state index in [0.29, 0.717) is 26.0 Å². The number of hydrogen-bond donors (Lipinski definition) is 1. The number of amides is 2. The molecule has 1 saturated heterocycles. The van der Waals surface area contributed by atoms with Crippen LogP contribution < -0.4 is 15.0 Å². The lowest BCUT2D eigenvalue weighted by Gasteiger charge is -2.31. The lowest BCUT2D eigenvalue weighted by atomic mass is 9.97. The Bertz CT molecular complexity index is 527. The van der Waals surface area contributed by atoms with E-state index >= 15 is 0 Å². The number of ether oxygens (including phenoxy) is 1. The van der Waals surface area contributed by atoms with Crippen molar-refractivity contribution in [2.75, 3.05) is 18.1 Å². The molecule has 1 aliphatic heterocycles. The summed E-state index contributed by atoms with van der Waals surface area (Å²) < 4.78 is 5.41. The Kier molecular flexibility index (Phi) is 4.50. The number of rotatable bonds is 4. The minimum Gasteiger partial charge on any atom is -0.494 e. The average Bonchev–Trinajstić information content (AvgIpc) is 2.59. The Labute approximate surface area is 125 Å². The third-order valence-electron chi connectivity index (χ3n) is 3.86. The maximum atomic E-state index is 12.7. The van der Waals surface area contributed by atoms with Gasteiger partial charge < -0.3 is 15.0 Å². The van der Waals surface area contributed by atoms with Crippen LogP contribution in [0.1, 0.15) is 33.6 Å². The predicted molar refractivity (Wildman–Crippen MR) is 81.4 cm³/mol. The van der Waals surface area contributed by atoms with Crippen LogP contribution in [0.4, 0.5) is 5.69 Å². The fourth-order valence-corrected chi connectivity index (χ4v) is 2.41. The zero-order valence-corrected chi connectivity index (χ0v) is 12.8. The first-order chi connectivity index (χ1) is 10.00. The number of hydrogen-bond acceptors (Lipinski definition) is 3. The first-order valence-electron chi connectivity index (χ1n) is 7.36. The molecule has 1 aromatic rings. The zero-order chi connectivity index (χ0) is 15.5. The van der Waals surface area contributed by atoms with Crippen molar-refractivity contribution < 1.29 is 14.3 Å². The summed E-state index contributed by atoms with van der Waals surface area (Å²) >= 11 is 0. The maximum Gasteiger partial charge on any atom is 0.252 e. The minimum absolute atomic E-state index is 0.0694. The number of benzene rings is 1. The van der Waals surface area contributed by atoms with Gasteiger partial charge in [-0.3, -0.25) is 9.59 Å². The van der Waals surface area contributed by atoms with Crippen molar-refractivity contribution >= 4 is 17.5 Å². The van der Waals surface area contributed by atoms with Crippen LogP contribution in [0.3, 0.4) is 0 Å². The van der Waals surface area contributed by atoms with Gasteiger partial charge >= 0.3 is 0 Å². The normalized spacial score (nSPS) is 22.7. The van der Waals surface area contributed by atoms with Crippen LogP contribution in [0.2, 0.25) is 0 Å². The number of carbonyl (C=O) groups is 2. The smallest absolute Gasteiger partial charge is 0.252 e. The Morgan fingerprint density at radius 2 is 1.90 bits per heavy atom. The maximum absolute atomic E-state index is 12.7. The summed E-state index contributed by atoms with van der Waals surface area (Å²) in [7, 11) is 0. The highest BCUT2D eigenvalue weighted by Crippen LogP contribution is 2.25. The monoisotopic (exact) mass is 290 g/mol. The molecule has 0 saturated carbocycles. The molecule has 5 nitrogen and oxygen atoms in total. The van der Waals surface area contributed by atoms with E-state index in [-0.39, 0.29) is 11.8 Å². The number of nitrogens with zero attached hydrogens (tertiary/aromatic N) is 1. The van der Waals surface area contributed by atoms with E-state index in [1.807, 2.05) is 38.1 Å². The van der Waals surface area contributed by atoms with Crippen LogP contribution in [-0.2, 0) is 9.59 Å². The van der Waals surface area contributed by atoms with E-state index in [4.69, 9.17) is 4.74 Å². The van der Waals surface area contributed by atoms with Crippen LogP contribution in [0.5, 0.6) is 5.75 Å². The summed E-state index contributed by atoms with van der Waals surface area (Å²) in [6.45, 7) is 6.61. The molecule has 0 spiro atoms. The minimum atomic E-state index is -0.841. The van der Waals surface area contributed by atoms with Gasteiger partial charge in [0.2, 0.25) is 5.91 Å². The molecule has 1 aromatic carbocycles. The summed E-state index contributed by atoms with van der Waals surface area (Å²) in [5.41, 5.74) is -0.0498. The molecular formula is C16H22N2O3. The second-order valence-corrected chi connectivity index (χ2v) is 5.37. The largest absolute Gasteiger partial charge is 0.494 e. The highest BCUT2D eigenvalue weighted by molar-refractivity contribution is 6.03. The van der Waals surface area contributed by atoms with Crippen LogP contribution in [0.15, 0.2) is 24.3 Å². The Hall–Kier alpha value is -2.04. The fourth-order valence-electron chi connectivity index (χ4n) is 2.41. The van der Waals surface area contributed by atoms with Gasteiger partial charge in [0, 0.05) is 18.7 Å². The number of anilines is 1. The molecule has 114 valence electrons. The van der Waals surface area contributed by atoms with Crippen molar-refractivity contribution in [1.82, 2.24) is 5.32 Å². The van der Waals surface area contributed by atoms with Crippen molar-refractivity contribution in [2.45, 2.75) is 39.2 Å². The molecule has 1 fully saturated rings. The van der Waals surface area contributed by atoms with Gasteiger partial charge in [0.1, 0.15) is 11.3 Å². The van der Waals surface area contributed by atoms with Crippen LogP contribution in [-0.4, -0.2) is 30.5 Å². The van der Waals surface area contributed by atoms with Gasteiger partial charge in [0.25, 0.3) is 5.91 Å². The van der Waals surface area contributed by atoms with E-state index in [1.54, 1.807) is 11.8 Å². The van der Waals surface area contributed by atoms with Crippen LogP contribution in [0, 0.1) is 0 Å². The summed E-state index contributed by atoms with van der Waals surface area (Å²) in [6.07, 6.45) is 0.875. The lowest BCUT2D eigenvalue weighted by molar-refractivity contribution is -0.129. The van der Waals surface area contributed by atoms with Gasteiger partial charge in [-0.05, 0) is 44.5 Å². The first kappa shape index (κ1) is 15.4. The molecule has 0 aliphatic carbocycles.